The number of anilines is 1. The molecule has 4 aromatic carbocycles. The largest absolute Gasteiger partial charge is 0.488 e. The number of ether oxygens (including phenoxy) is 2. The van der Waals surface area contributed by atoms with Gasteiger partial charge in [0.15, 0.2) is 28.8 Å². The van der Waals surface area contributed by atoms with Crippen LogP contribution >= 0.6 is 11.6 Å². The van der Waals surface area contributed by atoms with Crippen LogP contribution in [0.4, 0.5) is 28.2 Å². The molecule has 5 aromatic rings. The van der Waals surface area contributed by atoms with E-state index >= 15 is 17.6 Å². The van der Waals surface area contributed by atoms with E-state index in [1.54, 1.807) is 7.05 Å². The van der Waals surface area contributed by atoms with Crippen LogP contribution in [0.25, 0.3) is 22.0 Å². The van der Waals surface area contributed by atoms with Crippen LogP contribution in [-0.2, 0) is 22.2 Å². The molecule has 5 heterocycles. The van der Waals surface area contributed by atoms with Crippen molar-refractivity contribution in [3.8, 4) is 22.6 Å². The Kier molecular flexibility index (Phi) is 15.1. The van der Waals surface area contributed by atoms with Crippen LogP contribution < -0.4 is 30.7 Å². The lowest BCUT2D eigenvalue weighted by molar-refractivity contribution is -0.138. The minimum atomic E-state index is -1.15. The minimum absolute atomic E-state index is 0.000155. The van der Waals surface area contributed by atoms with E-state index in [2.05, 4.69) is 27.6 Å². The number of aromatic nitrogens is 2. The van der Waals surface area contributed by atoms with Gasteiger partial charge in [0.2, 0.25) is 17.7 Å². The number of hydrogen-bond acceptors (Lipinski definition) is 10. The minimum Gasteiger partial charge on any atom is -0.488 e. The molecule has 5 amide bonds. The van der Waals surface area contributed by atoms with E-state index in [1.807, 2.05) is 42.2 Å². The van der Waals surface area contributed by atoms with Crippen LogP contribution in [0.1, 0.15) is 104 Å². The second-order valence-corrected chi connectivity index (χ2v) is 21.7. The molecule has 1 aliphatic carbocycles. The molecule has 0 radical (unpaired) electrons. The Balaban J connectivity index is 0.751. The average molecular weight is 1070 g/mol. The van der Waals surface area contributed by atoms with Gasteiger partial charge in [-0.2, -0.15) is 5.10 Å². The second-order valence-electron chi connectivity index (χ2n) is 21.3. The number of rotatable bonds is 14. The van der Waals surface area contributed by atoms with E-state index in [1.165, 1.54) is 33.8 Å². The van der Waals surface area contributed by atoms with E-state index in [0.717, 1.165) is 31.4 Å². The van der Waals surface area contributed by atoms with Gasteiger partial charge in [-0.25, -0.2) is 22.4 Å². The fourth-order valence-corrected chi connectivity index (χ4v) is 13.0. The molecule has 1 aromatic heterocycles. The molecule has 3 saturated heterocycles. The number of nitrogens with two attached hydrogens (primary N) is 1. The Hall–Kier alpha value is -6.28. The van der Waals surface area contributed by atoms with Gasteiger partial charge in [-0.15, -0.1) is 0 Å². The summed E-state index contributed by atoms with van der Waals surface area (Å²) < 4.78 is 78.2. The van der Waals surface area contributed by atoms with Crippen molar-refractivity contribution in [2.75, 3.05) is 63.9 Å². The number of fused-ring (bicyclic) bond motifs is 2. The highest BCUT2D eigenvalue weighted by Gasteiger charge is 2.51. The number of aryl methyl sites for hydroxylation is 1. The molecule has 5 N–H and O–H groups in total. The number of benzene rings is 4. The van der Waals surface area contributed by atoms with E-state index in [4.69, 9.17) is 26.8 Å². The Morgan fingerprint density at radius 1 is 0.921 bits per heavy atom. The number of piperidine rings is 2. The lowest BCUT2D eigenvalue weighted by atomic mass is 9.75. The fourth-order valence-electron chi connectivity index (χ4n) is 12.8. The Morgan fingerprint density at radius 2 is 1.66 bits per heavy atom. The number of primary amides is 1. The number of hydrogen-bond donors (Lipinski definition) is 4. The van der Waals surface area contributed by atoms with Crippen molar-refractivity contribution in [1.29, 1.82) is 0 Å². The van der Waals surface area contributed by atoms with Gasteiger partial charge in [-0.1, -0.05) is 55.8 Å². The van der Waals surface area contributed by atoms with Crippen LogP contribution in [-0.4, -0.2) is 114 Å². The zero-order valence-electron chi connectivity index (χ0n) is 42.8. The summed E-state index contributed by atoms with van der Waals surface area (Å²) in [6.07, 6.45) is 5.04. The molecule has 15 nitrogen and oxygen atoms in total. The van der Waals surface area contributed by atoms with Crippen LogP contribution in [0.3, 0.4) is 0 Å². The topological polar surface area (TPSA) is 185 Å². The number of amides is 5. The number of aliphatic hydroxyl groups is 1. The highest BCUT2D eigenvalue weighted by atomic mass is 35.5. The van der Waals surface area contributed by atoms with Gasteiger partial charge in [0, 0.05) is 92.4 Å². The molecule has 5 unspecified atom stereocenters. The zero-order valence-corrected chi connectivity index (χ0v) is 43.5. The number of nitrogens with zero attached hydrogens (tertiary/aromatic N) is 5. The summed E-state index contributed by atoms with van der Waals surface area (Å²) in [5.74, 6) is -5.01. The molecule has 20 heteroatoms. The summed E-state index contributed by atoms with van der Waals surface area (Å²) >= 11 is 6.74. The quantitative estimate of drug-likeness (QED) is 0.0790. The van der Waals surface area contributed by atoms with Crippen molar-refractivity contribution in [3.05, 3.63) is 105 Å². The van der Waals surface area contributed by atoms with Gasteiger partial charge in [-0.3, -0.25) is 29.3 Å². The van der Waals surface area contributed by atoms with Crippen molar-refractivity contribution in [3.63, 3.8) is 0 Å². The molecular formula is C56H63ClF4N8O7. The van der Waals surface area contributed by atoms with Crippen molar-refractivity contribution in [2.45, 2.75) is 88.7 Å². The smallest absolute Gasteiger partial charge is 0.329 e. The average Bonchev–Trinajstić information content (AvgIpc) is 3.88. The first-order valence-corrected chi connectivity index (χ1v) is 26.7. The van der Waals surface area contributed by atoms with Gasteiger partial charge in [0.1, 0.15) is 29.5 Å². The third-order valence-electron chi connectivity index (χ3n) is 16.8. The predicted octanol–water partition coefficient (Wildman–Crippen LogP) is 8.27. The summed E-state index contributed by atoms with van der Waals surface area (Å²) in [7, 11) is 1.56. The highest BCUT2D eigenvalue weighted by Crippen LogP contribution is 2.57. The van der Waals surface area contributed by atoms with Crippen LogP contribution in [0.15, 0.2) is 54.6 Å². The van der Waals surface area contributed by atoms with Crippen molar-refractivity contribution < 1.29 is 51.3 Å². The molecule has 1 saturated carbocycles. The molecule has 0 bridgehead atoms. The van der Waals surface area contributed by atoms with Gasteiger partial charge < -0.3 is 35.4 Å². The first-order valence-electron chi connectivity index (χ1n) is 26.3. The van der Waals surface area contributed by atoms with Gasteiger partial charge in [0.05, 0.1) is 22.6 Å². The standard InChI is InChI=1S/C56H63ClF4N8O7/c1-30-25-34(54(73)68-20-13-32(14-21-68)28-67-18-15-33(16-19-67)45-38(58)26-37-51(50(45)61)66(3)65-53(37)69-22-17-43(71)64-55(69)74)9-11-40(30)63-29-56(35-7-5-4-6-8-35)31(2)44-42(76-56)27-39(59)48(57)47(44)46-36(52(62)72)10-12-41(49(46)60)75-24-23-70/h4-8,10,12,26-27,30-34,40,63,70H,9,11,13-25,28-29H2,1-3H3,(H2,62,72)(H,64,71,74). The van der Waals surface area contributed by atoms with Crippen LogP contribution in [0, 0.1) is 41.0 Å². The number of carbonyl (C=O) groups excluding carboxylic acids is 4. The molecule has 76 heavy (non-hydrogen) atoms. The molecule has 4 aliphatic heterocycles. The number of nitrogens with one attached hydrogen (secondary N) is 2. The summed E-state index contributed by atoms with van der Waals surface area (Å²) in [5, 5.41) is 19.5. The summed E-state index contributed by atoms with van der Waals surface area (Å²) in [6.45, 7) is 7.27. The van der Waals surface area contributed by atoms with E-state index in [0.29, 0.717) is 63.3 Å². The van der Waals surface area contributed by atoms with Gasteiger partial charge in [0.25, 0.3) is 0 Å². The highest BCUT2D eigenvalue weighted by molar-refractivity contribution is 6.34. The van der Waals surface area contributed by atoms with E-state index in [9.17, 15) is 24.3 Å². The summed E-state index contributed by atoms with van der Waals surface area (Å²) in [5.41, 5.74) is 5.31. The maximum absolute atomic E-state index is 16.5. The Labute approximate surface area is 443 Å². The van der Waals surface area contributed by atoms with Crippen LogP contribution in [0.2, 0.25) is 5.02 Å². The predicted molar refractivity (Wildman–Crippen MR) is 277 cm³/mol. The molecular weight excluding hydrogens is 1010 g/mol. The van der Waals surface area contributed by atoms with Gasteiger partial charge >= 0.3 is 6.03 Å². The molecule has 0 spiro atoms. The van der Waals surface area contributed by atoms with E-state index in [-0.39, 0.29) is 106 Å². The Morgan fingerprint density at radius 3 is 2.34 bits per heavy atom. The summed E-state index contributed by atoms with van der Waals surface area (Å²) in [6, 6.07) is 13.8. The lowest BCUT2D eigenvalue weighted by Gasteiger charge is -2.41. The maximum Gasteiger partial charge on any atom is 0.329 e. The zero-order chi connectivity index (χ0) is 53.7. The molecule has 404 valence electrons. The SMILES string of the molecule is CC1CC(C(=O)N2CCC(CN3CCC(c4c(F)cc5c(N6CCC(=O)NC6=O)nn(C)c5c4F)CC3)CC2)CCC1NCC1(c2ccccc2)Oc2cc(F)c(Cl)c(-c3c(C(N)=O)ccc(OCCO)c3F)c2C1C. The third-order valence-corrected chi connectivity index (χ3v) is 17.2. The van der Waals surface area contributed by atoms with E-state index < -0.39 is 64.3 Å². The number of urea groups is 1. The first-order chi connectivity index (χ1) is 36.5. The molecule has 5 atom stereocenters. The van der Waals surface area contributed by atoms with Crippen LogP contribution in [0.5, 0.6) is 11.5 Å². The second kappa shape index (κ2) is 21.6. The maximum atomic E-state index is 16.5. The van der Waals surface area contributed by atoms with Crippen molar-refractivity contribution in [1.82, 2.24) is 30.2 Å². The number of aliphatic hydroxyl groups excluding tert-OH is 1. The van der Waals surface area contributed by atoms with Gasteiger partial charge in [-0.05, 0) is 99.6 Å². The molecule has 5 aliphatic rings. The first kappa shape index (κ1) is 53.1. The monoisotopic (exact) mass is 1070 g/mol. The Bertz CT molecular complexity index is 3080. The fraction of sp³-hybridized carbons (Fsp3) is 0.482. The number of carbonyl (C=O) groups is 4. The third kappa shape index (κ3) is 9.76. The molecule has 4 fully saturated rings. The summed E-state index contributed by atoms with van der Waals surface area (Å²) in [4.78, 5) is 56.8. The number of halogens is 5. The molecule has 10 rings (SSSR count). The normalized spacial score (nSPS) is 23.7. The number of imide groups is 1. The number of likely N-dealkylation sites (tertiary alicyclic amines) is 2. The van der Waals surface area contributed by atoms with Crippen molar-refractivity contribution in [2.24, 2.45) is 30.5 Å². The van der Waals surface area contributed by atoms with Crippen molar-refractivity contribution >= 4 is 52.1 Å². The lowest BCUT2D eigenvalue weighted by Crippen LogP contribution is -2.51.